The molecule has 2 aromatic carbocycles. The van der Waals surface area contributed by atoms with Gasteiger partial charge in [-0.2, -0.15) is 0 Å². The second-order valence-electron chi connectivity index (χ2n) is 7.63. The molecule has 0 amide bonds. The Hall–Kier alpha value is -2.06. The summed E-state index contributed by atoms with van der Waals surface area (Å²) >= 11 is 0. The second-order valence-corrected chi connectivity index (χ2v) is 7.63. The summed E-state index contributed by atoms with van der Waals surface area (Å²) in [6.45, 7) is 6.76. The van der Waals surface area contributed by atoms with Gasteiger partial charge in [-0.3, -0.25) is 4.90 Å². The first-order valence-electron chi connectivity index (χ1n) is 9.62. The van der Waals surface area contributed by atoms with E-state index >= 15 is 0 Å². The molecule has 2 heteroatoms. The van der Waals surface area contributed by atoms with E-state index in [1.165, 1.54) is 53.4 Å². The normalized spacial score (nSPS) is 18.9. The minimum absolute atomic E-state index is 0.544. The first-order valence-corrected chi connectivity index (χ1v) is 9.62. The van der Waals surface area contributed by atoms with Crippen LogP contribution in [0.5, 0.6) is 0 Å². The molecular weight excluding hydrogens is 304 g/mol. The van der Waals surface area contributed by atoms with Crippen LogP contribution in [-0.2, 0) is 6.54 Å². The van der Waals surface area contributed by atoms with Crippen LogP contribution in [0, 0.1) is 0 Å². The molecular formula is C23H28N2. The van der Waals surface area contributed by atoms with Gasteiger partial charge in [0, 0.05) is 29.7 Å². The highest BCUT2D eigenvalue weighted by Gasteiger charge is 2.24. The van der Waals surface area contributed by atoms with E-state index in [0.717, 1.165) is 6.54 Å². The second kappa shape index (κ2) is 7.05. The Morgan fingerprint density at radius 1 is 1.04 bits per heavy atom. The minimum Gasteiger partial charge on any atom is -0.361 e. The molecule has 1 atom stereocenters. The van der Waals surface area contributed by atoms with E-state index in [9.17, 15) is 0 Å². The van der Waals surface area contributed by atoms with Gasteiger partial charge in [0.2, 0.25) is 0 Å². The van der Waals surface area contributed by atoms with E-state index in [1.807, 2.05) is 0 Å². The minimum atomic E-state index is 0.544. The zero-order valence-corrected chi connectivity index (χ0v) is 15.3. The Morgan fingerprint density at radius 3 is 2.68 bits per heavy atom. The number of H-pyrrole nitrogens is 1. The van der Waals surface area contributed by atoms with Crippen LogP contribution in [-0.4, -0.2) is 16.4 Å². The zero-order chi connectivity index (χ0) is 17.2. The molecule has 1 saturated heterocycles. The fraction of sp³-hybridized carbons (Fsp3) is 0.391. The number of aromatic nitrogens is 1. The molecule has 4 rings (SSSR count). The fourth-order valence-corrected chi connectivity index (χ4v) is 4.31. The number of hydrogen-bond donors (Lipinski definition) is 1. The predicted molar refractivity (Wildman–Crippen MR) is 106 cm³/mol. The zero-order valence-electron chi connectivity index (χ0n) is 15.3. The molecule has 1 aliphatic rings. The fourth-order valence-electron chi connectivity index (χ4n) is 4.31. The first-order chi connectivity index (χ1) is 12.2. The first kappa shape index (κ1) is 16.4. The van der Waals surface area contributed by atoms with Gasteiger partial charge in [0.1, 0.15) is 0 Å². The monoisotopic (exact) mass is 332 g/mol. The SMILES string of the molecule is CC(C)c1ccc(CN2CCCCC2c2ccccc2)c2cc[nH]c12. The summed E-state index contributed by atoms with van der Waals surface area (Å²) in [4.78, 5) is 6.15. The van der Waals surface area contributed by atoms with Crippen LogP contribution >= 0.6 is 0 Å². The molecule has 0 spiro atoms. The van der Waals surface area contributed by atoms with Crippen LogP contribution < -0.4 is 0 Å². The van der Waals surface area contributed by atoms with Crippen LogP contribution in [0.25, 0.3) is 10.9 Å². The topological polar surface area (TPSA) is 19.0 Å². The third-order valence-corrected chi connectivity index (χ3v) is 5.64. The third-order valence-electron chi connectivity index (χ3n) is 5.64. The van der Waals surface area contributed by atoms with Gasteiger partial charge >= 0.3 is 0 Å². The van der Waals surface area contributed by atoms with Crippen molar-refractivity contribution >= 4 is 10.9 Å². The summed E-state index contributed by atoms with van der Waals surface area (Å²) in [5.41, 5.74) is 5.65. The molecule has 1 unspecified atom stereocenters. The van der Waals surface area contributed by atoms with E-state index in [-0.39, 0.29) is 0 Å². The number of piperidine rings is 1. The molecule has 0 bridgehead atoms. The van der Waals surface area contributed by atoms with Crippen molar-refractivity contribution in [2.75, 3.05) is 6.54 Å². The maximum atomic E-state index is 3.47. The maximum Gasteiger partial charge on any atom is 0.0492 e. The highest BCUT2D eigenvalue weighted by Crippen LogP contribution is 2.34. The number of fused-ring (bicyclic) bond motifs is 1. The lowest BCUT2D eigenvalue weighted by Gasteiger charge is -2.36. The molecule has 2 heterocycles. The number of likely N-dealkylation sites (tertiary alicyclic amines) is 1. The smallest absolute Gasteiger partial charge is 0.0492 e. The van der Waals surface area contributed by atoms with E-state index in [4.69, 9.17) is 0 Å². The Kier molecular flexibility index (Phi) is 4.63. The summed E-state index contributed by atoms with van der Waals surface area (Å²) in [6, 6.07) is 18.5. The molecule has 25 heavy (non-hydrogen) atoms. The van der Waals surface area contributed by atoms with Crippen molar-refractivity contribution in [3.8, 4) is 0 Å². The van der Waals surface area contributed by atoms with Crippen molar-refractivity contribution in [1.82, 2.24) is 9.88 Å². The number of aromatic amines is 1. The van der Waals surface area contributed by atoms with Gasteiger partial charge < -0.3 is 4.98 Å². The quantitative estimate of drug-likeness (QED) is 0.619. The molecule has 0 saturated carbocycles. The van der Waals surface area contributed by atoms with Crippen molar-refractivity contribution in [2.24, 2.45) is 0 Å². The van der Waals surface area contributed by atoms with E-state index in [0.29, 0.717) is 12.0 Å². The largest absolute Gasteiger partial charge is 0.361 e. The van der Waals surface area contributed by atoms with E-state index in [1.54, 1.807) is 0 Å². The number of nitrogens with one attached hydrogen (secondary N) is 1. The Bertz CT molecular complexity index is 832. The lowest BCUT2D eigenvalue weighted by molar-refractivity contribution is 0.141. The summed E-state index contributed by atoms with van der Waals surface area (Å²) in [6.07, 6.45) is 6.00. The summed E-state index contributed by atoms with van der Waals surface area (Å²) in [5, 5.41) is 1.39. The molecule has 0 radical (unpaired) electrons. The number of benzene rings is 2. The van der Waals surface area contributed by atoms with Gasteiger partial charge in [0.05, 0.1) is 0 Å². The van der Waals surface area contributed by atoms with Crippen LogP contribution in [0.3, 0.4) is 0 Å². The Balaban J connectivity index is 1.65. The lowest BCUT2D eigenvalue weighted by atomic mass is 9.93. The van der Waals surface area contributed by atoms with Gasteiger partial charge in [-0.1, -0.05) is 62.7 Å². The van der Waals surface area contributed by atoms with Crippen LogP contribution in [0.2, 0.25) is 0 Å². The average Bonchev–Trinajstić information content (AvgIpc) is 3.13. The van der Waals surface area contributed by atoms with Crippen molar-refractivity contribution in [2.45, 2.75) is 51.6 Å². The molecule has 1 aromatic heterocycles. The molecule has 1 N–H and O–H groups in total. The molecule has 1 fully saturated rings. The van der Waals surface area contributed by atoms with Gasteiger partial charge in [-0.15, -0.1) is 0 Å². The predicted octanol–water partition coefficient (Wildman–Crippen LogP) is 6.02. The van der Waals surface area contributed by atoms with Crippen LogP contribution in [0.15, 0.2) is 54.7 Å². The Labute approximate surface area is 150 Å². The van der Waals surface area contributed by atoms with Gasteiger partial charge in [-0.25, -0.2) is 0 Å². The van der Waals surface area contributed by atoms with Crippen molar-refractivity contribution < 1.29 is 0 Å². The van der Waals surface area contributed by atoms with Crippen molar-refractivity contribution in [1.29, 1.82) is 0 Å². The third kappa shape index (κ3) is 3.23. The van der Waals surface area contributed by atoms with Crippen molar-refractivity contribution in [3.05, 3.63) is 71.4 Å². The number of rotatable bonds is 4. The standard InChI is InChI=1S/C23H28N2/c1-17(2)20-12-11-19(21-13-14-24-23(20)21)16-25-15-7-6-10-22(25)18-8-4-3-5-9-18/h3-5,8-9,11-14,17,22,24H,6-7,10,15-16H2,1-2H3. The maximum absolute atomic E-state index is 3.47. The van der Waals surface area contributed by atoms with Gasteiger partial charge in [-0.05, 0) is 48.1 Å². The van der Waals surface area contributed by atoms with E-state index in [2.05, 4.69) is 78.5 Å². The summed E-state index contributed by atoms with van der Waals surface area (Å²) < 4.78 is 0. The highest BCUT2D eigenvalue weighted by molar-refractivity contribution is 5.86. The number of nitrogens with zero attached hydrogens (tertiary/aromatic N) is 1. The molecule has 1 aliphatic heterocycles. The Morgan fingerprint density at radius 2 is 1.88 bits per heavy atom. The molecule has 2 nitrogen and oxygen atoms in total. The lowest BCUT2D eigenvalue weighted by Crippen LogP contribution is -2.32. The highest BCUT2D eigenvalue weighted by atomic mass is 15.2. The van der Waals surface area contributed by atoms with E-state index < -0.39 is 0 Å². The summed E-state index contributed by atoms with van der Waals surface area (Å²) in [7, 11) is 0. The molecule has 3 aromatic rings. The molecule has 0 aliphatic carbocycles. The van der Waals surface area contributed by atoms with Crippen LogP contribution in [0.4, 0.5) is 0 Å². The van der Waals surface area contributed by atoms with Gasteiger partial charge in [0.25, 0.3) is 0 Å². The molecule has 130 valence electrons. The average molecular weight is 332 g/mol. The number of hydrogen-bond acceptors (Lipinski definition) is 1. The van der Waals surface area contributed by atoms with Crippen LogP contribution in [0.1, 0.15) is 61.8 Å². The van der Waals surface area contributed by atoms with Crippen molar-refractivity contribution in [3.63, 3.8) is 0 Å². The van der Waals surface area contributed by atoms with Gasteiger partial charge in [0.15, 0.2) is 0 Å². The summed E-state index contributed by atoms with van der Waals surface area (Å²) in [5.74, 6) is 0.544.